The van der Waals surface area contributed by atoms with Gasteiger partial charge in [-0.2, -0.15) is 0 Å². The highest BCUT2D eigenvalue weighted by Crippen LogP contribution is 2.51. The zero-order chi connectivity index (χ0) is 33.2. The highest BCUT2D eigenvalue weighted by atomic mass is 16.5. The maximum Gasteiger partial charge on any atom is 0.127 e. The minimum Gasteiger partial charge on any atom is -0.457 e. The van der Waals surface area contributed by atoms with E-state index in [1.807, 2.05) is 48.5 Å². The number of unbranched alkanes of at least 4 members (excludes halogenated alkanes) is 5. The van der Waals surface area contributed by atoms with E-state index in [9.17, 15) is 0 Å². The molecule has 0 atom stereocenters. The van der Waals surface area contributed by atoms with Crippen molar-refractivity contribution in [2.75, 3.05) is 11.5 Å². The van der Waals surface area contributed by atoms with Crippen LogP contribution in [-0.2, 0) is 5.41 Å². The number of hydrogen-bond donors (Lipinski definition) is 2. The van der Waals surface area contributed by atoms with Crippen molar-refractivity contribution in [2.24, 2.45) is 17.8 Å². The Bertz CT molecular complexity index is 1420. The number of hydrogen-bond acceptors (Lipinski definition) is 4. The van der Waals surface area contributed by atoms with Gasteiger partial charge in [0.1, 0.15) is 23.0 Å². The van der Waals surface area contributed by atoms with E-state index >= 15 is 0 Å². The van der Waals surface area contributed by atoms with Crippen LogP contribution >= 0.6 is 0 Å². The lowest BCUT2D eigenvalue weighted by molar-refractivity contribution is 0.140. The highest BCUT2D eigenvalue weighted by Gasteiger charge is 2.41. The number of anilines is 2. The molecule has 0 amide bonds. The lowest BCUT2D eigenvalue weighted by Gasteiger charge is -2.44. The molecule has 2 fully saturated rings. The Morgan fingerprint density at radius 3 is 1.35 bits per heavy atom. The molecule has 0 unspecified atom stereocenters. The third-order valence-electron chi connectivity index (χ3n) is 11.5. The average Bonchev–Trinajstić information content (AvgIpc) is 3.13. The minimum absolute atomic E-state index is 0.0229. The second-order valence-electron chi connectivity index (χ2n) is 14.6. The highest BCUT2D eigenvalue weighted by molar-refractivity contribution is 5.47. The first-order chi connectivity index (χ1) is 23.5. The van der Waals surface area contributed by atoms with Crippen LogP contribution in [0.4, 0.5) is 11.4 Å². The summed E-state index contributed by atoms with van der Waals surface area (Å²) in [5.74, 6) is 5.99. The molecule has 0 saturated heterocycles. The van der Waals surface area contributed by atoms with E-state index in [1.165, 1.54) is 107 Å². The zero-order valence-electron chi connectivity index (χ0n) is 29.0. The Balaban J connectivity index is 1.12. The van der Waals surface area contributed by atoms with Gasteiger partial charge in [0.25, 0.3) is 0 Å². The third kappa shape index (κ3) is 8.75. The van der Waals surface area contributed by atoms with Crippen molar-refractivity contribution in [3.8, 4) is 23.0 Å². The summed E-state index contributed by atoms with van der Waals surface area (Å²) >= 11 is 0. The van der Waals surface area contributed by atoms with Gasteiger partial charge in [-0.25, -0.2) is 0 Å². The van der Waals surface area contributed by atoms with Crippen LogP contribution in [0.15, 0.2) is 97.1 Å². The molecule has 2 aliphatic carbocycles. The molecule has 6 rings (SSSR count). The maximum atomic E-state index is 6.17. The first-order valence-electron chi connectivity index (χ1n) is 18.8. The third-order valence-corrected chi connectivity index (χ3v) is 11.5. The van der Waals surface area contributed by atoms with Crippen LogP contribution in [0, 0.1) is 17.8 Å². The summed E-state index contributed by atoms with van der Waals surface area (Å²) in [6.07, 6.45) is 20.6. The normalized spacial score (nSPS) is 19.5. The van der Waals surface area contributed by atoms with Crippen molar-refractivity contribution in [3.05, 3.63) is 108 Å². The summed E-state index contributed by atoms with van der Waals surface area (Å²) in [4.78, 5) is 0. The summed E-state index contributed by atoms with van der Waals surface area (Å²) in [7, 11) is 0. The van der Waals surface area contributed by atoms with Crippen molar-refractivity contribution in [1.82, 2.24) is 0 Å². The van der Waals surface area contributed by atoms with Gasteiger partial charge in [0.2, 0.25) is 0 Å². The molecule has 0 aromatic heterocycles. The van der Waals surface area contributed by atoms with E-state index < -0.39 is 0 Å². The molecule has 4 heteroatoms. The van der Waals surface area contributed by atoms with Crippen molar-refractivity contribution >= 4 is 11.4 Å². The van der Waals surface area contributed by atoms with Gasteiger partial charge in [-0.3, -0.25) is 0 Å². The summed E-state index contributed by atoms with van der Waals surface area (Å²) in [5.41, 5.74) is 16.0. The van der Waals surface area contributed by atoms with Crippen molar-refractivity contribution in [3.63, 3.8) is 0 Å². The molecule has 0 spiro atoms. The molecule has 0 heterocycles. The fourth-order valence-corrected chi connectivity index (χ4v) is 8.54. The van der Waals surface area contributed by atoms with E-state index in [4.69, 9.17) is 20.9 Å². The van der Waals surface area contributed by atoms with E-state index in [0.717, 1.165) is 52.1 Å². The maximum absolute atomic E-state index is 6.17. The monoisotopic (exact) mass is 644 g/mol. The van der Waals surface area contributed by atoms with Crippen LogP contribution in [0.5, 0.6) is 23.0 Å². The average molecular weight is 645 g/mol. The molecular formula is C44H56N2O2. The Morgan fingerprint density at radius 1 is 0.500 bits per heavy atom. The Morgan fingerprint density at radius 2 is 0.896 bits per heavy atom. The topological polar surface area (TPSA) is 70.5 Å². The SMILES string of the molecule is CCCCCCCC[C@H]1CC[C@@H](C2CCC(c3ccc(Oc4ccc(N)cc4)cc3)(c3ccc(Oc4ccc(N)cc4)cc3)CC2)CC1. The quantitative estimate of drug-likeness (QED) is 0.106. The molecule has 0 aliphatic heterocycles. The van der Waals surface area contributed by atoms with Crippen molar-refractivity contribution < 1.29 is 9.47 Å². The van der Waals surface area contributed by atoms with E-state index in [2.05, 4.69) is 55.5 Å². The van der Waals surface area contributed by atoms with Crippen LogP contribution in [0.25, 0.3) is 0 Å². The molecule has 4 nitrogen and oxygen atoms in total. The fourth-order valence-electron chi connectivity index (χ4n) is 8.54. The molecule has 2 aliphatic rings. The molecule has 48 heavy (non-hydrogen) atoms. The number of nitrogens with two attached hydrogens (primary N) is 2. The van der Waals surface area contributed by atoms with Gasteiger partial charge < -0.3 is 20.9 Å². The second kappa shape index (κ2) is 16.5. The number of ether oxygens (including phenoxy) is 2. The van der Waals surface area contributed by atoms with Crippen LogP contribution in [0.2, 0.25) is 0 Å². The van der Waals surface area contributed by atoms with Gasteiger partial charge in [0, 0.05) is 16.8 Å². The largest absolute Gasteiger partial charge is 0.457 e. The van der Waals surface area contributed by atoms with Gasteiger partial charge in [0.05, 0.1) is 0 Å². The smallest absolute Gasteiger partial charge is 0.127 e. The summed E-state index contributed by atoms with van der Waals surface area (Å²) < 4.78 is 12.3. The van der Waals surface area contributed by atoms with E-state index in [-0.39, 0.29) is 5.41 Å². The Labute approximate surface area is 289 Å². The van der Waals surface area contributed by atoms with Gasteiger partial charge >= 0.3 is 0 Å². The van der Waals surface area contributed by atoms with E-state index in [1.54, 1.807) is 0 Å². The fraction of sp³-hybridized carbons (Fsp3) is 0.455. The Kier molecular flexibility index (Phi) is 11.6. The van der Waals surface area contributed by atoms with Crippen LogP contribution in [0.1, 0.15) is 114 Å². The van der Waals surface area contributed by atoms with Gasteiger partial charge in [-0.05, 0) is 140 Å². The first kappa shape index (κ1) is 34.0. The molecule has 2 saturated carbocycles. The molecule has 4 aromatic carbocycles. The van der Waals surface area contributed by atoms with Crippen LogP contribution < -0.4 is 20.9 Å². The second-order valence-corrected chi connectivity index (χ2v) is 14.6. The lowest BCUT2D eigenvalue weighted by atomic mass is 9.60. The number of benzene rings is 4. The van der Waals surface area contributed by atoms with Crippen molar-refractivity contribution in [2.45, 2.75) is 109 Å². The number of nitrogen functional groups attached to an aromatic ring is 2. The minimum atomic E-state index is -0.0229. The predicted octanol–water partition coefficient (Wildman–Crippen LogP) is 12.5. The summed E-state index contributed by atoms with van der Waals surface area (Å²) in [5, 5.41) is 0. The number of rotatable bonds is 14. The van der Waals surface area contributed by atoms with Crippen LogP contribution in [0.3, 0.4) is 0 Å². The lowest BCUT2D eigenvalue weighted by Crippen LogP contribution is -2.35. The van der Waals surface area contributed by atoms with E-state index in [0.29, 0.717) is 0 Å². The first-order valence-corrected chi connectivity index (χ1v) is 18.8. The van der Waals surface area contributed by atoms with Crippen LogP contribution in [-0.4, -0.2) is 0 Å². The van der Waals surface area contributed by atoms with Crippen molar-refractivity contribution in [1.29, 1.82) is 0 Å². The van der Waals surface area contributed by atoms with Gasteiger partial charge in [-0.15, -0.1) is 0 Å². The molecule has 0 radical (unpaired) electrons. The zero-order valence-corrected chi connectivity index (χ0v) is 29.0. The molecule has 254 valence electrons. The predicted molar refractivity (Wildman–Crippen MR) is 201 cm³/mol. The molecular weight excluding hydrogens is 588 g/mol. The summed E-state index contributed by atoms with van der Waals surface area (Å²) in [6, 6.07) is 32.9. The standard InChI is InChI=1S/C44H56N2O2/c1-2-3-4-5-6-7-8-33-9-11-34(12-10-33)35-29-31-44(32-30-35,36-13-21-40(22-14-36)47-42-25-17-38(45)18-26-42)37-15-23-41(24-16-37)48-43-27-19-39(46)20-28-43/h13-28,33-35H,2-12,29-32,45-46H2,1H3/t33-,34+. The molecule has 4 N–H and O–H groups in total. The summed E-state index contributed by atoms with van der Waals surface area (Å²) in [6.45, 7) is 2.30. The Hall–Kier alpha value is -3.92. The molecule has 4 aromatic rings. The molecule has 0 bridgehead atoms. The van der Waals surface area contributed by atoms with Gasteiger partial charge in [0.15, 0.2) is 0 Å². The van der Waals surface area contributed by atoms with Gasteiger partial charge in [-0.1, -0.05) is 89.0 Å².